The van der Waals surface area contributed by atoms with Crippen LogP contribution in [0.15, 0.2) is 0 Å². The predicted molar refractivity (Wildman–Crippen MR) is 277 cm³/mol. The van der Waals surface area contributed by atoms with Gasteiger partial charge in [0.2, 0.25) is 0 Å². The van der Waals surface area contributed by atoms with E-state index in [1.165, 1.54) is 39.4 Å². The van der Waals surface area contributed by atoms with Crippen LogP contribution >= 0.6 is 11.8 Å². The zero-order valence-electron chi connectivity index (χ0n) is 45.8. The van der Waals surface area contributed by atoms with Crippen molar-refractivity contribution in [1.29, 1.82) is 0 Å². The lowest BCUT2D eigenvalue weighted by Gasteiger charge is -2.11. The minimum Gasteiger partial charge on any atom is -0.466 e. The van der Waals surface area contributed by atoms with Crippen molar-refractivity contribution >= 4 is 64.5 Å². The summed E-state index contributed by atoms with van der Waals surface area (Å²) in [7, 11) is 0. The zero-order chi connectivity index (χ0) is 54.1. The molecule has 0 heterocycles. The van der Waals surface area contributed by atoms with Crippen LogP contribution in [0.2, 0.25) is 0 Å². The molecule has 0 fully saturated rings. The van der Waals surface area contributed by atoms with E-state index in [-0.39, 0.29) is 72.2 Å². The molecule has 16 heteroatoms. The molecule has 0 aliphatic heterocycles. The average Bonchev–Trinajstić information content (AvgIpc) is 3.28. The number of ketones is 7. The molecule has 0 radical (unpaired) electrons. The van der Waals surface area contributed by atoms with Crippen LogP contribution in [0.3, 0.4) is 0 Å². The van der Waals surface area contributed by atoms with E-state index in [0.29, 0.717) is 71.5 Å². The number of hydrogen-bond donors (Lipinski definition) is 1. The minimum atomic E-state index is -0.211. The Morgan fingerprint density at radius 2 is 1.00 bits per heavy atom. The van der Waals surface area contributed by atoms with Gasteiger partial charge in [0, 0.05) is 77.8 Å². The number of ether oxygens (including phenoxy) is 5. The number of unbranched alkanes of at least 4 members (excludes halogenated alkanes) is 2. The topological polar surface area (TPSA) is 226 Å². The molecule has 0 amide bonds. The Morgan fingerprint density at radius 1 is 0.537 bits per heavy atom. The molecule has 15 nitrogen and oxygen atoms in total. The van der Waals surface area contributed by atoms with Crippen molar-refractivity contribution in [1.82, 2.24) is 0 Å². The maximum atomic E-state index is 11.2. The van der Waals surface area contributed by atoms with Gasteiger partial charge in [0.05, 0.1) is 13.2 Å². The largest absolute Gasteiger partial charge is 0.466 e. The van der Waals surface area contributed by atoms with Crippen LogP contribution in [0.4, 0.5) is 0 Å². The molecular formula is C51H103NO14S. The normalized spacial score (nSPS) is 9.46. The third-order valence-electron chi connectivity index (χ3n) is 7.18. The summed E-state index contributed by atoms with van der Waals surface area (Å²) in [4.78, 5) is 93.2. The molecule has 0 aliphatic carbocycles. The highest BCUT2D eigenvalue weighted by atomic mass is 32.2. The van der Waals surface area contributed by atoms with Gasteiger partial charge in [-0.25, -0.2) is 0 Å². The first-order chi connectivity index (χ1) is 31.6. The van der Waals surface area contributed by atoms with E-state index < -0.39 is 0 Å². The van der Waals surface area contributed by atoms with Crippen molar-refractivity contribution in [2.75, 3.05) is 78.0 Å². The van der Waals surface area contributed by atoms with Crippen LogP contribution in [0, 0.1) is 5.92 Å². The zero-order valence-corrected chi connectivity index (χ0v) is 46.6. The molecule has 0 bridgehead atoms. The Balaban J connectivity index is -0.0000000833. The van der Waals surface area contributed by atoms with Gasteiger partial charge in [0.25, 0.3) is 0 Å². The van der Waals surface area contributed by atoms with Gasteiger partial charge in [-0.2, -0.15) is 11.8 Å². The van der Waals surface area contributed by atoms with E-state index in [2.05, 4.69) is 31.8 Å². The minimum absolute atomic E-state index is 0.0469. The van der Waals surface area contributed by atoms with E-state index in [1.807, 2.05) is 53.3 Å². The predicted octanol–water partition coefficient (Wildman–Crippen LogP) is 10.00. The molecule has 0 aromatic carbocycles. The molecular weight excluding hydrogens is 883 g/mol. The Bertz CT molecular complexity index is 1100. The fourth-order valence-electron chi connectivity index (χ4n) is 3.44. The van der Waals surface area contributed by atoms with Crippen LogP contribution in [0.5, 0.6) is 0 Å². The first kappa shape index (κ1) is 84.0. The fraction of sp³-hybridized carbons (Fsp3) is 0.824. The summed E-state index contributed by atoms with van der Waals surface area (Å²) in [5, 5.41) is 0. The molecule has 0 saturated heterocycles. The maximum absolute atomic E-state index is 11.2. The van der Waals surface area contributed by atoms with Crippen LogP contribution < -0.4 is 5.73 Å². The van der Waals surface area contributed by atoms with Crippen LogP contribution in [0.25, 0.3) is 0 Å². The third kappa shape index (κ3) is 133. The summed E-state index contributed by atoms with van der Waals surface area (Å²) in [5.41, 5.74) is 5.37. The summed E-state index contributed by atoms with van der Waals surface area (Å²) in [6.07, 6.45) is 13.3. The summed E-state index contributed by atoms with van der Waals surface area (Å²) in [5.74, 6) is 1.80. The molecule has 0 spiro atoms. The number of aldehydes is 1. The number of Topliss-reactive ketones (excluding diaryl/α,β-unsaturated/α-hetero) is 7. The molecule has 0 aromatic rings. The Hall–Kier alpha value is -3.02. The summed E-state index contributed by atoms with van der Waals surface area (Å²) >= 11 is 1.86. The van der Waals surface area contributed by atoms with Gasteiger partial charge in [-0.05, 0) is 107 Å². The molecule has 0 rings (SSSR count). The number of rotatable bonds is 30. The summed E-state index contributed by atoms with van der Waals surface area (Å²) in [6, 6.07) is 0. The molecule has 1 unspecified atom stereocenters. The monoisotopic (exact) mass is 986 g/mol. The van der Waals surface area contributed by atoms with Crippen molar-refractivity contribution in [2.24, 2.45) is 11.7 Å². The Kier molecular flexibility index (Phi) is 100. The lowest BCUT2D eigenvalue weighted by Crippen LogP contribution is -2.16. The van der Waals surface area contributed by atoms with E-state index >= 15 is 0 Å². The summed E-state index contributed by atoms with van der Waals surface area (Å²) < 4.78 is 23.9. The number of thioether (sulfide) groups is 1. The van der Waals surface area contributed by atoms with E-state index in [0.717, 1.165) is 51.6 Å². The van der Waals surface area contributed by atoms with E-state index in [9.17, 15) is 43.2 Å². The van der Waals surface area contributed by atoms with Crippen molar-refractivity contribution < 1.29 is 66.8 Å². The third-order valence-corrected chi connectivity index (χ3v) is 7.76. The quantitative estimate of drug-likeness (QED) is 0.0401. The highest BCUT2D eigenvalue weighted by molar-refractivity contribution is 7.98. The molecule has 402 valence electrons. The van der Waals surface area contributed by atoms with Crippen molar-refractivity contribution in [2.45, 2.75) is 194 Å². The number of nitrogens with two attached hydrogens (primary N) is 1. The van der Waals surface area contributed by atoms with Crippen LogP contribution in [-0.4, -0.2) is 131 Å². The number of hydrogen-bond acceptors (Lipinski definition) is 16. The Morgan fingerprint density at radius 3 is 1.28 bits per heavy atom. The van der Waals surface area contributed by atoms with Gasteiger partial charge in [-0.1, -0.05) is 60.8 Å². The first-order valence-electron chi connectivity index (χ1n) is 24.2. The first-order valence-corrected chi connectivity index (χ1v) is 25.6. The SMILES string of the molecule is CCC(=O)CC(CCCCN)C(C)=O.CCC=O.CCCC.CCCC(=O)COCC(C)=O.CCOC(C)=O.CCOCC(C)=O.CCOCCC(C)=O.CCOCCCC(C)=O.CCSC. The van der Waals surface area contributed by atoms with Crippen molar-refractivity contribution in [3.8, 4) is 0 Å². The van der Waals surface area contributed by atoms with Gasteiger partial charge < -0.3 is 39.0 Å². The van der Waals surface area contributed by atoms with Crippen LogP contribution in [-0.2, 0) is 66.8 Å². The van der Waals surface area contributed by atoms with Gasteiger partial charge in [0.1, 0.15) is 49.2 Å². The highest BCUT2D eigenvalue weighted by Gasteiger charge is 2.16. The van der Waals surface area contributed by atoms with Crippen molar-refractivity contribution in [3.63, 3.8) is 0 Å². The smallest absolute Gasteiger partial charge is 0.302 e. The molecule has 0 aromatic heterocycles. The van der Waals surface area contributed by atoms with E-state index in [1.54, 1.807) is 27.7 Å². The second-order valence-corrected chi connectivity index (χ2v) is 15.4. The number of carbonyl (C=O) groups is 9. The molecule has 0 saturated carbocycles. The lowest BCUT2D eigenvalue weighted by atomic mass is 9.92. The van der Waals surface area contributed by atoms with Gasteiger partial charge >= 0.3 is 5.97 Å². The number of carbonyl (C=O) groups excluding carboxylic acids is 9. The molecule has 0 aliphatic rings. The Labute approximate surface area is 414 Å². The highest BCUT2D eigenvalue weighted by Crippen LogP contribution is 2.15. The van der Waals surface area contributed by atoms with E-state index in [4.69, 9.17) is 24.7 Å². The average molecular weight is 986 g/mol. The van der Waals surface area contributed by atoms with Gasteiger partial charge in [0.15, 0.2) is 17.3 Å². The second kappa shape index (κ2) is 80.0. The standard InChI is InChI=1S/C11H21NO2.C8H14O3.C7H14O2.C6H12O2.C5H10O2.C4H8O2.C4H10.C3H6O.C3H8S/c1-3-11(14)8-10(9(2)13)6-4-5-7-12;1-3-4-8(10)6-11-5-7(2)9;1-3-9-6-4-5-7(2)8;1-3-8-5-4-6(2)7;1-3-7-4-5(2)6;1-3-6-4(2)5;1-3-4-2;1-2-3-4;1-3-4-2/h10H,3-8,12H2,1-2H3;3-6H2,1-2H3;3-6H2,1-2H3;3-5H2,1-2H3;3-4H2,1-2H3;3H2,1-2H3;3-4H2,1-2H3;3H,2H2,1H3;3H2,1-2H3. The summed E-state index contributed by atoms with van der Waals surface area (Å²) in [6.45, 7) is 33.6. The molecule has 1 atom stereocenters. The lowest BCUT2D eigenvalue weighted by molar-refractivity contribution is -0.140. The van der Waals surface area contributed by atoms with Crippen LogP contribution in [0.1, 0.15) is 194 Å². The second-order valence-electron chi connectivity index (χ2n) is 14.2. The van der Waals surface area contributed by atoms with Gasteiger partial charge in [-0.3, -0.25) is 33.6 Å². The molecule has 2 N–H and O–H groups in total. The molecule has 67 heavy (non-hydrogen) atoms. The van der Waals surface area contributed by atoms with Crippen molar-refractivity contribution in [3.05, 3.63) is 0 Å². The number of esters is 1. The van der Waals surface area contributed by atoms with Gasteiger partial charge in [-0.15, -0.1) is 0 Å². The maximum Gasteiger partial charge on any atom is 0.302 e. The fourth-order valence-corrected chi connectivity index (χ4v) is 3.44.